The average molecular weight is 267 g/mol. The van der Waals surface area contributed by atoms with E-state index >= 15 is 0 Å². The van der Waals surface area contributed by atoms with Crippen LogP contribution in [0.5, 0.6) is 0 Å². The van der Waals surface area contributed by atoms with Gasteiger partial charge in [0.1, 0.15) is 5.82 Å². The summed E-state index contributed by atoms with van der Waals surface area (Å²) in [6, 6.07) is 4.20. The highest BCUT2D eigenvalue weighted by molar-refractivity contribution is 6.17. The van der Waals surface area contributed by atoms with Crippen LogP contribution in [-0.2, 0) is 5.88 Å². The molecule has 100 valence electrons. The molecule has 2 nitrogen and oxygen atoms in total. The Hall–Kier alpha value is -0.760. The third kappa shape index (κ3) is 3.61. The predicted octanol–water partition coefficient (Wildman–Crippen LogP) is 4.23. The van der Waals surface area contributed by atoms with E-state index in [0.717, 1.165) is 30.4 Å². The minimum Gasteiger partial charge on any atom is -0.357 e. The van der Waals surface area contributed by atoms with Gasteiger partial charge in [0.2, 0.25) is 0 Å². The summed E-state index contributed by atoms with van der Waals surface area (Å²) in [7, 11) is 0. The Morgan fingerprint density at radius 2 is 2.22 bits per heavy atom. The van der Waals surface area contributed by atoms with Gasteiger partial charge in [0, 0.05) is 25.2 Å². The number of pyridine rings is 1. The van der Waals surface area contributed by atoms with Crippen LogP contribution in [0.25, 0.3) is 0 Å². The Morgan fingerprint density at radius 3 is 2.89 bits per heavy atom. The van der Waals surface area contributed by atoms with Crippen molar-refractivity contribution in [2.75, 3.05) is 18.0 Å². The van der Waals surface area contributed by atoms with Gasteiger partial charge < -0.3 is 4.90 Å². The van der Waals surface area contributed by atoms with Crippen LogP contribution in [0.15, 0.2) is 18.3 Å². The fraction of sp³-hybridized carbons (Fsp3) is 0.667. The molecule has 1 aromatic heterocycles. The van der Waals surface area contributed by atoms with Gasteiger partial charge >= 0.3 is 0 Å². The van der Waals surface area contributed by atoms with Gasteiger partial charge in [-0.15, -0.1) is 11.6 Å². The SMILES string of the molecule is CCCC1CCCN(c2ccc(CCl)cn2)CC1. The van der Waals surface area contributed by atoms with Crippen molar-refractivity contribution >= 4 is 17.4 Å². The van der Waals surface area contributed by atoms with E-state index in [4.69, 9.17) is 11.6 Å². The molecule has 0 aromatic carbocycles. The van der Waals surface area contributed by atoms with Gasteiger partial charge in [0.25, 0.3) is 0 Å². The van der Waals surface area contributed by atoms with Gasteiger partial charge in [-0.3, -0.25) is 0 Å². The second kappa shape index (κ2) is 6.98. The number of hydrogen-bond acceptors (Lipinski definition) is 2. The minimum atomic E-state index is 0.547. The molecule has 0 N–H and O–H groups in total. The molecule has 0 bridgehead atoms. The molecule has 1 atom stereocenters. The zero-order valence-corrected chi connectivity index (χ0v) is 12.0. The van der Waals surface area contributed by atoms with Crippen LogP contribution < -0.4 is 4.90 Å². The van der Waals surface area contributed by atoms with E-state index in [1.54, 1.807) is 0 Å². The second-order valence-corrected chi connectivity index (χ2v) is 5.50. The average Bonchev–Trinajstić information content (AvgIpc) is 2.65. The van der Waals surface area contributed by atoms with Crippen molar-refractivity contribution in [3.05, 3.63) is 23.9 Å². The van der Waals surface area contributed by atoms with Crippen molar-refractivity contribution < 1.29 is 0 Å². The Kier molecular flexibility index (Phi) is 5.30. The number of rotatable bonds is 4. The maximum absolute atomic E-state index is 5.79. The predicted molar refractivity (Wildman–Crippen MR) is 78.3 cm³/mol. The Morgan fingerprint density at radius 1 is 1.33 bits per heavy atom. The van der Waals surface area contributed by atoms with Crippen LogP contribution in [0.1, 0.15) is 44.6 Å². The van der Waals surface area contributed by atoms with E-state index in [2.05, 4.69) is 28.9 Å². The Balaban J connectivity index is 1.96. The standard InChI is InChI=1S/C15H23ClN2/c1-2-4-13-5-3-9-18(10-8-13)15-7-6-14(11-16)12-17-15/h6-7,12-13H,2-5,8-11H2,1H3. The maximum atomic E-state index is 5.79. The second-order valence-electron chi connectivity index (χ2n) is 5.23. The van der Waals surface area contributed by atoms with E-state index in [1.807, 2.05) is 6.20 Å². The fourth-order valence-corrected chi connectivity index (χ4v) is 2.93. The molecule has 3 heteroatoms. The van der Waals surface area contributed by atoms with Crippen molar-refractivity contribution in [2.45, 2.75) is 44.9 Å². The molecule has 0 amide bonds. The highest BCUT2D eigenvalue weighted by atomic mass is 35.5. The van der Waals surface area contributed by atoms with Crippen LogP contribution >= 0.6 is 11.6 Å². The number of anilines is 1. The number of aromatic nitrogens is 1. The summed E-state index contributed by atoms with van der Waals surface area (Å²) >= 11 is 5.79. The molecular weight excluding hydrogens is 244 g/mol. The number of nitrogens with zero attached hydrogens (tertiary/aromatic N) is 2. The lowest BCUT2D eigenvalue weighted by molar-refractivity contribution is 0.435. The molecule has 0 aliphatic carbocycles. The first-order valence-corrected chi connectivity index (χ1v) is 7.62. The third-order valence-corrected chi connectivity index (χ3v) is 4.14. The molecular formula is C15H23ClN2. The molecule has 1 aliphatic heterocycles. The molecule has 18 heavy (non-hydrogen) atoms. The summed E-state index contributed by atoms with van der Waals surface area (Å²) in [5.74, 6) is 2.58. The van der Waals surface area contributed by atoms with Crippen LogP contribution in [-0.4, -0.2) is 18.1 Å². The molecule has 1 unspecified atom stereocenters. The number of hydrogen-bond donors (Lipinski definition) is 0. The van der Waals surface area contributed by atoms with Crippen LogP contribution in [0, 0.1) is 5.92 Å². The fourth-order valence-electron chi connectivity index (χ4n) is 2.77. The summed E-state index contributed by atoms with van der Waals surface area (Å²) < 4.78 is 0. The van der Waals surface area contributed by atoms with Gasteiger partial charge in [-0.1, -0.05) is 25.8 Å². The van der Waals surface area contributed by atoms with Gasteiger partial charge in [0.15, 0.2) is 0 Å². The van der Waals surface area contributed by atoms with Crippen molar-refractivity contribution in [3.8, 4) is 0 Å². The van der Waals surface area contributed by atoms with Gasteiger partial charge in [-0.05, 0) is 36.8 Å². The van der Waals surface area contributed by atoms with Crippen molar-refractivity contribution in [2.24, 2.45) is 5.92 Å². The highest BCUT2D eigenvalue weighted by Crippen LogP contribution is 2.24. The molecule has 1 saturated heterocycles. The lowest BCUT2D eigenvalue weighted by Gasteiger charge is -2.21. The summed E-state index contributed by atoms with van der Waals surface area (Å²) in [6.07, 6.45) is 8.58. The maximum Gasteiger partial charge on any atom is 0.128 e. The lowest BCUT2D eigenvalue weighted by Crippen LogP contribution is -2.25. The van der Waals surface area contributed by atoms with Crippen LogP contribution in [0.2, 0.25) is 0 Å². The van der Waals surface area contributed by atoms with E-state index in [0.29, 0.717) is 5.88 Å². The van der Waals surface area contributed by atoms with Crippen molar-refractivity contribution in [1.29, 1.82) is 0 Å². The van der Waals surface area contributed by atoms with Crippen molar-refractivity contribution in [1.82, 2.24) is 4.98 Å². The van der Waals surface area contributed by atoms with Gasteiger partial charge in [0.05, 0.1) is 0 Å². The van der Waals surface area contributed by atoms with Gasteiger partial charge in [-0.2, -0.15) is 0 Å². The largest absolute Gasteiger partial charge is 0.357 e. The molecule has 0 saturated carbocycles. The van der Waals surface area contributed by atoms with Crippen LogP contribution in [0.4, 0.5) is 5.82 Å². The Bertz CT molecular complexity index is 350. The van der Waals surface area contributed by atoms with Crippen LogP contribution in [0.3, 0.4) is 0 Å². The summed E-state index contributed by atoms with van der Waals surface area (Å²) in [6.45, 7) is 4.58. The normalized spacial score (nSPS) is 20.8. The topological polar surface area (TPSA) is 16.1 Å². The smallest absolute Gasteiger partial charge is 0.128 e. The molecule has 1 aromatic rings. The lowest BCUT2D eigenvalue weighted by atomic mass is 9.96. The summed E-state index contributed by atoms with van der Waals surface area (Å²) in [4.78, 5) is 6.95. The van der Waals surface area contributed by atoms with Gasteiger partial charge in [-0.25, -0.2) is 4.98 Å². The van der Waals surface area contributed by atoms with E-state index in [9.17, 15) is 0 Å². The summed E-state index contributed by atoms with van der Waals surface area (Å²) in [5.41, 5.74) is 1.10. The Labute approximate surface area is 115 Å². The minimum absolute atomic E-state index is 0.547. The van der Waals surface area contributed by atoms with E-state index in [1.165, 1.54) is 32.1 Å². The quantitative estimate of drug-likeness (QED) is 0.759. The zero-order valence-electron chi connectivity index (χ0n) is 11.2. The van der Waals surface area contributed by atoms with Crippen molar-refractivity contribution in [3.63, 3.8) is 0 Å². The zero-order chi connectivity index (χ0) is 12.8. The first-order chi connectivity index (χ1) is 8.83. The highest BCUT2D eigenvalue weighted by Gasteiger charge is 2.17. The third-order valence-electron chi connectivity index (χ3n) is 3.83. The molecule has 1 fully saturated rings. The first-order valence-electron chi connectivity index (χ1n) is 7.09. The molecule has 0 spiro atoms. The monoisotopic (exact) mass is 266 g/mol. The van der Waals surface area contributed by atoms with E-state index in [-0.39, 0.29) is 0 Å². The summed E-state index contributed by atoms with van der Waals surface area (Å²) in [5, 5.41) is 0. The molecule has 2 rings (SSSR count). The molecule has 2 heterocycles. The van der Waals surface area contributed by atoms with E-state index < -0.39 is 0 Å². The molecule has 1 aliphatic rings. The number of alkyl halides is 1. The molecule has 0 radical (unpaired) electrons. The number of halogens is 1. The first kappa shape index (κ1) is 13.7.